The van der Waals surface area contributed by atoms with Crippen LogP contribution in [0.2, 0.25) is 0 Å². The van der Waals surface area contributed by atoms with Crippen molar-refractivity contribution < 1.29 is 9.59 Å². The van der Waals surface area contributed by atoms with Gasteiger partial charge in [0.05, 0.1) is 5.92 Å². The number of carbonyl (C=O) groups excluding carboxylic acids is 2. The zero-order valence-electron chi connectivity index (χ0n) is 9.66. The van der Waals surface area contributed by atoms with Crippen LogP contribution >= 0.6 is 11.8 Å². The molecule has 2 amide bonds. The summed E-state index contributed by atoms with van der Waals surface area (Å²) in [7, 11) is 0. The Labute approximate surface area is 95.6 Å². The van der Waals surface area contributed by atoms with Gasteiger partial charge in [-0.2, -0.15) is 11.8 Å². The van der Waals surface area contributed by atoms with Crippen LogP contribution in [0.15, 0.2) is 0 Å². The van der Waals surface area contributed by atoms with Crippen molar-refractivity contribution in [3.8, 4) is 0 Å². The van der Waals surface area contributed by atoms with Crippen molar-refractivity contribution in [2.24, 2.45) is 11.8 Å². The molecule has 0 aromatic carbocycles. The highest BCUT2D eigenvalue weighted by Gasteiger charge is 2.37. The molecule has 0 bridgehead atoms. The molecule has 0 aromatic rings. The molecular weight excluding hydrogens is 210 g/mol. The van der Waals surface area contributed by atoms with Crippen LogP contribution < -0.4 is 0 Å². The topological polar surface area (TPSA) is 37.4 Å². The highest BCUT2D eigenvalue weighted by atomic mass is 32.2. The van der Waals surface area contributed by atoms with Crippen molar-refractivity contribution in [2.45, 2.75) is 26.7 Å². The molecule has 0 radical (unpaired) electrons. The summed E-state index contributed by atoms with van der Waals surface area (Å²) >= 11 is 1.63. The van der Waals surface area contributed by atoms with E-state index in [1.54, 1.807) is 11.8 Å². The fraction of sp³-hybridized carbons (Fsp3) is 0.818. The van der Waals surface area contributed by atoms with Gasteiger partial charge in [0.15, 0.2) is 0 Å². The first-order valence-corrected chi connectivity index (χ1v) is 6.78. The summed E-state index contributed by atoms with van der Waals surface area (Å²) in [6, 6.07) is 0. The van der Waals surface area contributed by atoms with Crippen LogP contribution in [-0.2, 0) is 9.59 Å². The third-order valence-electron chi connectivity index (χ3n) is 2.64. The maximum absolute atomic E-state index is 11.8. The summed E-state index contributed by atoms with van der Waals surface area (Å²) in [5.74, 6) is 1.28. The zero-order chi connectivity index (χ0) is 11.4. The van der Waals surface area contributed by atoms with Gasteiger partial charge in [0, 0.05) is 18.7 Å². The fourth-order valence-corrected chi connectivity index (χ4v) is 2.37. The van der Waals surface area contributed by atoms with Crippen LogP contribution in [0.3, 0.4) is 0 Å². The minimum atomic E-state index is -0.0698. The summed E-state index contributed by atoms with van der Waals surface area (Å²) in [6.45, 7) is 4.80. The van der Waals surface area contributed by atoms with Crippen LogP contribution in [0.25, 0.3) is 0 Å². The predicted octanol–water partition coefficient (Wildman–Crippen LogP) is 1.77. The van der Waals surface area contributed by atoms with Crippen LogP contribution in [0.4, 0.5) is 0 Å². The Bertz CT molecular complexity index is 253. The molecule has 1 aliphatic rings. The Morgan fingerprint density at radius 1 is 1.47 bits per heavy atom. The van der Waals surface area contributed by atoms with Gasteiger partial charge in [-0.3, -0.25) is 14.5 Å². The number of rotatable bonds is 5. The molecule has 0 aromatic heterocycles. The molecule has 86 valence electrons. The van der Waals surface area contributed by atoms with Crippen LogP contribution in [-0.4, -0.2) is 35.3 Å². The average molecular weight is 229 g/mol. The minimum absolute atomic E-state index is 0.0136. The smallest absolute Gasteiger partial charge is 0.233 e. The van der Waals surface area contributed by atoms with E-state index in [2.05, 4.69) is 13.8 Å². The van der Waals surface area contributed by atoms with Crippen LogP contribution in [0.5, 0.6) is 0 Å². The van der Waals surface area contributed by atoms with E-state index in [9.17, 15) is 9.59 Å². The van der Waals surface area contributed by atoms with E-state index in [1.807, 2.05) is 6.26 Å². The monoisotopic (exact) mass is 229 g/mol. The maximum atomic E-state index is 11.8. The van der Waals surface area contributed by atoms with Gasteiger partial charge in [0.2, 0.25) is 11.8 Å². The zero-order valence-corrected chi connectivity index (χ0v) is 10.5. The number of hydrogen-bond acceptors (Lipinski definition) is 3. The Balaban J connectivity index is 2.51. The number of imide groups is 1. The van der Waals surface area contributed by atoms with E-state index >= 15 is 0 Å². The van der Waals surface area contributed by atoms with Gasteiger partial charge < -0.3 is 0 Å². The molecule has 0 N–H and O–H groups in total. The van der Waals surface area contributed by atoms with Gasteiger partial charge >= 0.3 is 0 Å². The molecule has 15 heavy (non-hydrogen) atoms. The quantitative estimate of drug-likeness (QED) is 0.674. The third-order valence-corrected chi connectivity index (χ3v) is 3.37. The second kappa shape index (κ2) is 5.54. The molecule has 1 aliphatic heterocycles. The lowest BCUT2D eigenvalue weighted by molar-refractivity contribution is -0.139. The number of hydrogen-bond donors (Lipinski definition) is 0. The number of carbonyl (C=O) groups is 2. The standard InChI is InChI=1S/C11H19NO2S/c1-8(2)4-5-12-10(13)6-9(7-15-3)11(12)14/h8-9H,4-7H2,1-3H3. The fourth-order valence-electron chi connectivity index (χ4n) is 1.71. The Morgan fingerprint density at radius 2 is 2.13 bits per heavy atom. The Morgan fingerprint density at radius 3 is 2.67 bits per heavy atom. The summed E-state index contributed by atoms with van der Waals surface area (Å²) in [5, 5.41) is 0. The first-order chi connectivity index (χ1) is 7.06. The van der Waals surface area contributed by atoms with E-state index in [-0.39, 0.29) is 17.7 Å². The number of likely N-dealkylation sites (tertiary alicyclic amines) is 1. The number of amides is 2. The van der Waals surface area contributed by atoms with Gasteiger partial charge in [-0.25, -0.2) is 0 Å². The van der Waals surface area contributed by atoms with Gasteiger partial charge in [0.1, 0.15) is 0 Å². The highest BCUT2D eigenvalue weighted by molar-refractivity contribution is 7.98. The first kappa shape index (κ1) is 12.6. The molecule has 0 aliphatic carbocycles. The van der Waals surface area contributed by atoms with Gasteiger partial charge in [-0.05, 0) is 18.6 Å². The first-order valence-electron chi connectivity index (χ1n) is 5.39. The SMILES string of the molecule is CSCC1CC(=O)N(CCC(C)C)C1=O. The molecule has 1 heterocycles. The predicted molar refractivity (Wildman–Crippen MR) is 62.7 cm³/mol. The molecule has 0 saturated carbocycles. The lowest BCUT2D eigenvalue weighted by Gasteiger charge is -2.15. The van der Waals surface area contributed by atoms with E-state index in [4.69, 9.17) is 0 Å². The van der Waals surface area contributed by atoms with Crippen molar-refractivity contribution in [1.82, 2.24) is 4.90 Å². The van der Waals surface area contributed by atoms with E-state index in [0.717, 1.165) is 12.2 Å². The molecule has 3 nitrogen and oxygen atoms in total. The third kappa shape index (κ3) is 3.23. The van der Waals surface area contributed by atoms with Crippen molar-refractivity contribution >= 4 is 23.6 Å². The molecule has 1 fully saturated rings. The van der Waals surface area contributed by atoms with Gasteiger partial charge in [-0.15, -0.1) is 0 Å². The summed E-state index contributed by atoms with van der Waals surface area (Å²) < 4.78 is 0. The molecule has 0 spiro atoms. The van der Waals surface area contributed by atoms with Crippen molar-refractivity contribution in [2.75, 3.05) is 18.6 Å². The van der Waals surface area contributed by atoms with Crippen LogP contribution in [0, 0.1) is 11.8 Å². The average Bonchev–Trinajstić information content (AvgIpc) is 2.40. The lowest BCUT2D eigenvalue weighted by Crippen LogP contribution is -2.32. The second-order valence-electron chi connectivity index (χ2n) is 4.42. The molecule has 1 unspecified atom stereocenters. The largest absolute Gasteiger partial charge is 0.282 e. The highest BCUT2D eigenvalue weighted by Crippen LogP contribution is 2.23. The second-order valence-corrected chi connectivity index (χ2v) is 5.33. The normalized spacial score (nSPS) is 21.9. The number of thioether (sulfide) groups is 1. The molecular formula is C11H19NO2S. The summed E-state index contributed by atoms with van der Waals surface area (Å²) in [5.41, 5.74) is 0. The Kier molecular flexibility index (Phi) is 4.64. The van der Waals surface area contributed by atoms with E-state index in [1.165, 1.54) is 4.90 Å². The number of nitrogens with zero attached hydrogens (tertiary/aromatic N) is 1. The van der Waals surface area contributed by atoms with Gasteiger partial charge in [0.25, 0.3) is 0 Å². The molecule has 1 saturated heterocycles. The van der Waals surface area contributed by atoms with Gasteiger partial charge in [-0.1, -0.05) is 13.8 Å². The van der Waals surface area contributed by atoms with E-state index in [0.29, 0.717) is 18.9 Å². The van der Waals surface area contributed by atoms with Crippen molar-refractivity contribution in [3.63, 3.8) is 0 Å². The molecule has 1 rings (SSSR count). The minimum Gasteiger partial charge on any atom is -0.282 e. The van der Waals surface area contributed by atoms with Crippen LogP contribution in [0.1, 0.15) is 26.7 Å². The maximum Gasteiger partial charge on any atom is 0.233 e. The van der Waals surface area contributed by atoms with E-state index < -0.39 is 0 Å². The Hall–Kier alpha value is -0.510. The summed E-state index contributed by atoms with van der Waals surface area (Å²) in [4.78, 5) is 24.8. The summed E-state index contributed by atoms with van der Waals surface area (Å²) in [6.07, 6.45) is 3.29. The van der Waals surface area contributed by atoms with Crippen molar-refractivity contribution in [1.29, 1.82) is 0 Å². The molecule has 1 atom stereocenters. The molecule has 4 heteroatoms. The lowest BCUT2D eigenvalue weighted by atomic mass is 10.1. The van der Waals surface area contributed by atoms with Crippen molar-refractivity contribution in [3.05, 3.63) is 0 Å².